The van der Waals surface area contributed by atoms with Gasteiger partial charge in [0.1, 0.15) is 0 Å². The minimum Gasteiger partial charge on any atom is -0.427 e. The zero-order valence-electron chi connectivity index (χ0n) is 9.45. The number of benzene rings is 1. The van der Waals surface area contributed by atoms with Crippen molar-refractivity contribution < 1.29 is 10.0 Å². The van der Waals surface area contributed by atoms with Crippen LogP contribution in [0.1, 0.15) is 15.9 Å². The van der Waals surface area contributed by atoms with E-state index in [9.17, 15) is 10.0 Å². The van der Waals surface area contributed by atoms with Crippen LogP contribution in [0, 0.1) is 0 Å². The smallest absolute Gasteiger partial charge is 0.195 e. The van der Waals surface area contributed by atoms with Crippen LogP contribution in [0.5, 0.6) is 0 Å². The number of fused-ring (bicyclic) bond motifs is 1. The predicted molar refractivity (Wildman–Crippen MR) is 65.9 cm³/mol. The minimum atomic E-state index is -0.0932. The number of nitrogens with zero attached hydrogens (tertiary/aromatic N) is 2. The topological polar surface area (TPSA) is 55.1 Å². The van der Waals surface area contributed by atoms with Gasteiger partial charge >= 0.3 is 0 Å². The molecule has 0 unspecified atom stereocenters. The molecule has 1 aromatic rings. The predicted octanol–water partition coefficient (Wildman–Crippen LogP) is 2.46. The Labute approximate surface area is 103 Å². The molecular weight excluding hydrogens is 228 g/mol. The van der Waals surface area contributed by atoms with Gasteiger partial charge in [0.05, 0.1) is 5.56 Å². The highest BCUT2D eigenvalue weighted by atomic mass is 16.5. The SMILES string of the molecule is O=C(c1ccccc1)c1cnc2n(O)cccc1-2. The molecule has 0 saturated heterocycles. The van der Waals surface area contributed by atoms with Crippen molar-refractivity contribution in [3.8, 4) is 11.4 Å². The highest BCUT2D eigenvalue weighted by Crippen LogP contribution is 2.26. The summed E-state index contributed by atoms with van der Waals surface area (Å²) < 4.78 is 0.914. The van der Waals surface area contributed by atoms with Gasteiger partial charge in [-0.3, -0.25) is 4.79 Å². The van der Waals surface area contributed by atoms with Crippen molar-refractivity contribution in [1.82, 2.24) is 9.71 Å². The summed E-state index contributed by atoms with van der Waals surface area (Å²) in [6, 6.07) is 12.5. The zero-order chi connectivity index (χ0) is 12.5. The molecule has 4 nitrogen and oxygen atoms in total. The molecule has 0 aromatic heterocycles. The second-order valence-electron chi connectivity index (χ2n) is 3.96. The number of rotatable bonds is 2. The molecular formula is C14H10N2O2. The Morgan fingerprint density at radius 2 is 1.89 bits per heavy atom. The Morgan fingerprint density at radius 3 is 2.67 bits per heavy atom. The van der Waals surface area contributed by atoms with E-state index in [0.29, 0.717) is 22.5 Å². The van der Waals surface area contributed by atoms with E-state index in [1.165, 1.54) is 12.4 Å². The van der Waals surface area contributed by atoms with Crippen LogP contribution in [0.3, 0.4) is 0 Å². The maximum Gasteiger partial charge on any atom is 0.195 e. The Kier molecular flexibility index (Phi) is 2.34. The monoisotopic (exact) mass is 238 g/mol. The van der Waals surface area contributed by atoms with Crippen molar-refractivity contribution in [1.29, 1.82) is 0 Å². The van der Waals surface area contributed by atoms with Crippen LogP contribution in [0.2, 0.25) is 0 Å². The average Bonchev–Trinajstić information content (AvgIpc) is 2.84. The normalized spacial score (nSPS) is 10.7. The first-order valence-electron chi connectivity index (χ1n) is 5.52. The summed E-state index contributed by atoms with van der Waals surface area (Å²) in [6.07, 6.45) is 2.97. The average molecular weight is 238 g/mol. The van der Waals surface area contributed by atoms with E-state index in [4.69, 9.17) is 0 Å². The van der Waals surface area contributed by atoms with Gasteiger partial charge in [-0.25, -0.2) is 4.98 Å². The quantitative estimate of drug-likeness (QED) is 0.551. The molecule has 0 saturated carbocycles. The molecule has 1 aromatic carbocycles. The maximum atomic E-state index is 12.3. The van der Waals surface area contributed by atoms with E-state index in [2.05, 4.69) is 4.98 Å². The lowest BCUT2D eigenvalue weighted by atomic mass is 10.0. The first kappa shape index (κ1) is 10.5. The van der Waals surface area contributed by atoms with Gasteiger partial charge < -0.3 is 5.21 Å². The number of hydrogen-bond acceptors (Lipinski definition) is 3. The van der Waals surface area contributed by atoms with Crippen LogP contribution < -0.4 is 0 Å². The zero-order valence-corrected chi connectivity index (χ0v) is 9.45. The van der Waals surface area contributed by atoms with Gasteiger partial charge in [-0.1, -0.05) is 30.3 Å². The van der Waals surface area contributed by atoms with E-state index in [-0.39, 0.29) is 5.78 Å². The van der Waals surface area contributed by atoms with E-state index < -0.39 is 0 Å². The number of aromatic nitrogens is 2. The highest BCUT2D eigenvalue weighted by molar-refractivity contribution is 6.12. The molecule has 88 valence electrons. The van der Waals surface area contributed by atoms with Gasteiger partial charge in [0, 0.05) is 23.5 Å². The van der Waals surface area contributed by atoms with Gasteiger partial charge in [0.15, 0.2) is 11.6 Å². The lowest BCUT2D eigenvalue weighted by Gasteiger charge is -2.05. The summed E-state index contributed by atoms with van der Waals surface area (Å²) in [6.45, 7) is 0. The molecule has 0 radical (unpaired) electrons. The van der Waals surface area contributed by atoms with Crippen LogP contribution in [0.4, 0.5) is 0 Å². The van der Waals surface area contributed by atoms with Crippen LogP contribution in [-0.2, 0) is 0 Å². The molecule has 0 bridgehead atoms. The molecule has 3 rings (SSSR count). The van der Waals surface area contributed by atoms with Gasteiger partial charge in [0.25, 0.3) is 0 Å². The molecule has 0 atom stereocenters. The Bertz CT molecular complexity index is 674. The largest absolute Gasteiger partial charge is 0.427 e. The molecule has 2 aliphatic heterocycles. The van der Waals surface area contributed by atoms with Crippen LogP contribution in [0.15, 0.2) is 54.9 Å². The van der Waals surface area contributed by atoms with Crippen LogP contribution >= 0.6 is 0 Å². The maximum absolute atomic E-state index is 12.3. The fourth-order valence-electron chi connectivity index (χ4n) is 1.95. The van der Waals surface area contributed by atoms with Crippen molar-refractivity contribution in [2.24, 2.45) is 0 Å². The lowest BCUT2D eigenvalue weighted by molar-refractivity contribution is 0.103. The third-order valence-corrected chi connectivity index (χ3v) is 2.83. The van der Waals surface area contributed by atoms with E-state index in [1.54, 1.807) is 24.3 Å². The van der Waals surface area contributed by atoms with E-state index in [1.807, 2.05) is 18.2 Å². The molecule has 2 aliphatic rings. The van der Waals surface area contributed by atoms with Crippen LogP contribution in [0.25, 0.3) is 11.4 Å². The van der Waals surface area contributed by atoms with E-state index >= 15 is 0 Å². The molecule has 4 heteroatoms. The van der Waals surface area contributed by atoms with E-state index in [0.717, 1.165) is 4.73 Å². The summed E-state index contributed by atoms with van der Waals surface area (Å²) >= 11 is 0. The van der Waals surface area contributed by atoms with Gasteiger partial charge in [-0.05, 0) is 12.1 Å². The number of pyridine rings is 1. The summed E-state index contributed by atoms with van der Waals surface area (Å²) in [5, 5.41) is 9.58. The third kappa shape index (κ3) is 1.55. The van der Waals surface area contributed by atoms with Gasteiger partial charge in [-0.2, -0.15) is 4.73 Å². The van der Waals surface area contributed by atoms with Crippen molar-refractivity contribution >= 4 is 5.78 Å². The van der Waals surface area contributed by atoms with Crippen LogP contribution in [-0.4, -0.2) is 20.7 Å². The molecule has 1 N–H and O–H groups in total. The summed E-state index contributed by atoms with van der Waals surface area (Å²) in [5.41, 5.74) is 1.76. The van der Waals surface area contributed by atoms with Crippen molar-refractivity contribution in [3.05, 3.63) is 66.0 Å². The fourth-order valence-corrected chi connectivity index (χ4v) is 1.95. The van der Waals surface area contributed by atoms with Crippen molar-refractivity contribution in [2.75, 3.05) is 0 Å². The Morgan fingerprint density at radius 1 is 1.11 bits per heavy atom. The molecule has 0 fully saturated rings. The highest BCUT2D eigenvalue weighted by Gasteiger charge is 2.20. The number of hydrogen-bond donors (Lipinski definition) is 1. The standard InChI is InChI=1S/C14H10N2O2/c17-13(10-5-2-1-3-6-10)12-9-15-14-11(12)7-4-8-16(14)18/h1-9,18H. The summed E-state index contributed by atoms with van der Waals surface area (Å²) in [7, 11) is 0. The molecule has 0 amide bonds. The van der Waals surface area contributed by atoms with Gasteiger partial charge in [0.2, 0.25) is 0 Å². The molecule has 0 aliphatic carbocycles. The van der Waals surface area contributed by atoms with Crippen molar-refractivity contribution in [3.63, 3.8) is 0 Å². The number of carbonyl (C=O) groups is 1. The second kappa shape index (κ2) is 4.00. The fraction of sp³-hybridized carbons (Fsp3) is 0. The number of ketones is 1. The van der Waals surface area contributed by atoms with Crippen molar-refractivity contribution in [2.45, 2.75) is 0 Å². The lowest BCUT2D eigenvalue weighted by Crippen LogP contribution is -2.03. The first-order valence-corrected chi connectivity index (χ1v) is 5.52. The summed E-state index contributed by atoms with van der Waals surface area (Å²) in [5.74, 6) is 0.293. The first-order chi connectivity index (χ1) is 8.77. The summed E-state index contributed by atoms with van der Waals surface area (Å²) in [4.78, 5) is 16.4. The minimum absolute atomic E-state index is 0.0932. The molecule has 2 heterocycles. The molecule has 18 heavy (non-hydrogen) atoms. The third-order valence-electron chi connectivity index (χ3n) is 2.83. The Hall–Kier alpha value is -2.62. The number of carbonyl (C=O) groups excluding carboxylic acids is 1. The Balaban J connectivity index is 2.10. The second-order valence-corrected chi connectivity index (χ2v) is 3.96. The molecule has 0 spiro atoms. The van der Waals surface area contributed by atoms with Gasteiger partial charge in [-0.15, -0.1) is 0 Å².